The Morgan fingerprint density at radius 1 is 1.06 bits per heavy atom. The molecule has 2 atom stereocenters. The van der Waals surface area contributed by atoms with E-state index in [1.54, 1.807) is 0 Å². The number of carbonyl (C=O) groups excluding carboxylic acids is 1. The number of ketones is 1. The summed E-state index contributed by atoms with van der Waals surface area (Å²) in [7, 11) is 0. The highest BCUT2D eigenvalue weighted by Crippen LogP contribution is 2.43. The third-order valence-corrected chi connectivity index (χ3v) is 5.07. The van der Waals surface area contributed by atoms with E-state index in [1.807, 2.05) is 0 Å². The lowest BCUT2D eigenvalue weighted by Gasteiger charge is -2.49. The zero-order valence-electron chi connectivity index (χ0n) is 11.0. The van der Waals surface area contributed by atoms with Gasteiger partial charge in [-0.25, -0.2) is 0 Å². The average Bonchev–Trinajstić information content (AvgIpc) is 2.58. The van der Waals surface area contributed by atoms with Crippen molar-refractivity contribution in [3.63, 3.8) is 0 Å². The van der Waals surface area contributed by atoms with Crippen LogP contribution in [0.2, 0.25) is 0 Å². The molecule has 0 radical (unpaired) electrons. The van der Waals surface area contributed by atoms with Gasteiger partial charge in [-0.1, -0.05) is 20.8 Å². The third-order valence-electron chi connectivity index (χ3n) is 5.07. The van der Waals surface area contributed by atoms with Crippen LogP contribution in [0.25, 0.3) is 0 Å². The van der Waals surface area contributed by atoms with Gasteiger partial charge in [0.2, 0.25) is 0 Å². The Labute approximate surface area is 99.4 Å². The maximum absolute atomic E-state index is 11.6. The standard InChI is InChI=1S/C14H25NO/c1-4-14(5-2,6-3)15-11-7-8-12(15)10-13(16)9-11/h11-12H,4-10H2,1-3H3. The van der Waals surface area contributed by atoms with Crippen molar-refractivity contribution in [2.75, 3.05) is 0 Å². The summed E-state index contributed by atoms with van der Waals surface area (Å²) in [5.41, 5.74) is 0.368. The topological polar surface area (TPSA) is 20.3 Å². The molecular weight excluding hydrogens is 198 g/mol. The van der Waals surface area contributed by atoms with E-state index in [2.05, 4.69) is 25.7 Å². The number of Topliss-reactive ketones (excluding diaryl/α,β-unsaturated/α-hetero) is 1. The van der Waals surface area contributed by atoms with Crippen LogP contribution in [0.1, 0.15) is 65.7 Å². The molecule has 0 N–H and O–H groups in total. The van der Waals surface area contributed by atoms with Gasteiger partial charge < -0.3 is 0 Å². The molecule has 0 amide bonds. The summed E-state index contributed by atoms with van der Waals surface area (Å²) in [4.78, 5) is 14.4. The highest BCUT2D eigenvalue weighted by molar-refractivity contribution is 5.81. The first kappa shape index (κ1) is 12.1. The van der Waals surface area contributed by atoms with Gasteiger partial charge in [-0.2, -0.15) is 0 Å². The van der Waals surface area contributed by atoms with E-state index in [0.717, 1.165) is 12.8 Å². The van der Waals surface area contributed by atoms with Crippen molar-refractivity contribution in [3.8, 4) is 0 Å². The zero-order valence-corrected chi connectivity index (χ0v) is 11.0. The molecule has 0 aromatic heterocycles. The number of nitrogens with zero attached hydrogens (tertiary/aromatic N) is 1. The van der Waals surface area contributed by atoms with Crippen molar-refractivity contribution >= 4 is 5.78 Å². The van der Waals surface area contributed by atoms with E-state index in [4.69, 9.17) is 0 Å². The Morgan fingerprint density at radius 2 is 1.50 bits per heavy atom. The summed E-state index contributed by atoms with van der Waals surface area (Å²) in [5, 5.41) is 0. The van der Waals surface area contributed by atoms with E-state index in [0.29, 0.717) is 23.4 Å². The minimum absolute atomic E-state index is 0.368. The molecule has 2 heterocycles. The first-order valence-electron chi connectivity index (χ1n) is 6.97. The van der Waals surface area contributed by atoms with Crippen LogP contribution in [0.5, 0.6) is 0 Å². The predicted molar refractivity (Wildman–Crippen MR) is 66.5 cm³/mol. The van der Waals surface area contributed by atoms with Gasteiger partial charge in [0.25, 0.3) is 0 Å². The average molecular weight is 223 g/mol. The maximum atomic E-state index is 11.6. The fourth-order valence-corrected chi connectivity index (χ4v) is 4.04. The van der Waals surface area contributed by atoms with Crippen molar-refractivity contribution in [1.29, 1.82) is 0 Å². The summed E-state index contributed by atoms with van der Waals surface area (Å²) in [5.74, 6) is 0.501. The van der Waals surface area contributed by atoms with Gasteiger partial charge in [0.15, 0.2) is 0 Å². The molecule has 2 saturated heterocycles. The van der Waals surface area contributed by atoms with E-state index in [9.17, 15) is 4.79 Å². The lowest BCUT2D eigenvalue weighted by atomic mass is 9.83. The van der Waals surface area contributed by atoms with Crippen LogP contribution in [-0.2, 0) is 4.79 Å². The van der Waals surface area contributed by atoms with E-state index in [-0.39, 0.29) is 0 Å². The van der Waals surface area contributed by atoms with E-state index < -0.39 is 0 Å². The number of hydrogen-bond acceptors (Lipinski definition) is 2. The molecule has 2 unspecified atom stereocenters. The smallest absolute Gasteiger partial charge is 0.136 e. The first-order chi connectivity index (χ1) is 7.66. The molecule has 0 aromatic rings. The Kier molecular flexibility index (Phi) is 3.39. The summed E-state index contributed by atoms with van der Waals surface area (Å²) < 4.78 is 0. The molecule has 2 fully saturated rings. The Hall–Kier alpha value is -0.370. The Bertz CT molecular complexity index is 246. The number of hydrogen-bond donors (Lipinski definition) is 0. The van der Waals surface area contributed by atoms with E-state index >= 15 is 0 Å². The number of rotatable bonds is 4. The van der Waals surface area contributed by atoms with Crippen LogP contribution < -0.4 is 0 Å². The highest BCUT2D eigenvalue weighted by Gasteiger charge is 2.48. The van der Waals surface area contributed by atoms with Gasteiger partial charge in [0.05, 0.1) is 0 Å². The normalized spacial score (nSPS) is 31.1. The molecular formula is C14H25NO. The Balaban J connectivity index is 2.23. The Morgan fingerprint density at radius 3 is 1.88 bits per heavy atom. The van der Waals surface area contributed by atoms with Gasteiger partial charge in [0.1, 0.15) is 5.78 Å². The molecule has 2 heteroatoms. The molecule has 0 aromatic carbocycles. The van der Waals surface area contributed by atoms with Crippen LogP contribution in [0.4, 0.5) is 0 Å². The molecule has 92 valence electrons. The van der Waals surface area contributed by atoms with Crippen molar-refractivity contribution in [3.05, 3.63) is 0 Å². The van der Waals surface area contributed by atoms with Crippen molar-refractivity contribution in [2.45, 2.75) is 83.3 Å². The lowest BCUT2D eigenvalue weighted by Crippen LogP contribution is -2.56. The third kappa shape index (κ3) is 1.71. The van der Waals surface area contributed by atoms with E-state index in [1.165, 1.54) is 32.1 Å². The molecule has 2 rings (SSSR count). The number of fused-ring (bicyclic) bond motifs is 2. The van der Waals surface area contributed by atoms with Crippen LogP contribution in [0, 0.1) is 0 Å². The highest BCUT2D eigenvalue weighted by atomic mass is 16.1. The van der Waals surface area contributed by atoms with Crippen molar-refractivity contribution < 1.29 is 4.79 Å². The largest absolute Gasteiger partial charge is 0.300 e. The van der Waals surface area contributed by atoms with Crippen LogP contribution in [0.15, 0.2) is 0 Å². The minimum Gasteiger partial charge on any atom is -0.300 e. The maximum Gasteiger partial charge on any atom is 0.136 e. The molecule has 2 aliphatic rings. The van der Waals surface area contributed by atoms with Crippen molar-refractivity contribution in [1.82, 2.24) is 4.90 Å². The summed E-state index contributed by atoms with van der Waals surface area (Å²) in [6, 6.07) is 1.12. The SMILES string of the molecule is CCC(CC)(CC)N1C2CCC1CC(=O)C2. The van der Waals surface area contributed by atoms with Crippen LogP contribution >= 0.6 is 0 Å². The second kappa shape index (κ2) is 4.48. The first-order valence-corrected chi connectivity index (χ1v) is 6.97. The zero-order chi connectivity index (χ0) is 11.8. The predicted octanol–water partition coefficient (Wildman–Crippen LogP) is 3.15. The summed E-state index contributed by atoms with van der Waals surface area (Å²) in [6.07, 6.45) is 7.80. The molecule has 2 bridgehead atoms. The monoisotopic (exact) mass is 223 g/mol. The quantitative estimate of drug-likeness (QED) is 0.729. The lowest BCUT2D eigenvalue weighted by molar-refractivity contribution is -0.126. The van der Waals surface area contributed by atoms with Crippen LogP contribution in [0.3, 0.4) is 0 Å². The fourth-order valence-electron chi connectivity index (χ4n) is 4.04. The van der Waals surface area contributed by atoms with Gasteiger partial charge in [-0.3, -0.25) is 9.69 Å². The fraction of sp³-hybridized carbons (Fsp3) is 0.929. The summed E-state index contributed by atoms with van der Waals surface area (Å²) in [6.45, 7) is 6.93. The molecule has 0 saturated carbocycles. The molecule has 0 spiro atoms. The molecule has 16 heavy (non-hydrogen) atoms. The number of carbonyl (C=O) groups is 1. The molecule has 0 aliphatic carbocycles. The van der Waals surface area contributed by atoms with Crippen LogP contribution in [-0.4, -0.2) is 28.3 Å². The second-order valence-electron chi connectivity index (χ2n) is 5.52. The summed E-state index contributed by atoms with van der Waals surface area (Å²) >= 11 is 0. The molecule has 2 nitrogen and oxygen atoms in total. The van der Waals surface area contributed by atoms with Gasteiger partial charge in [0, 0.05) is 30.5 Å². The van der Waals surface area contributed by atoms with Crippen molar-refractivity contribution in [2.24, 2.45) is 0 Å². The van der Waals surface area contributed by atoms with Gasteiger partial charge >= 0.3 is 0 Å². The van der Waals surface area contributed by atoms with Gasteiger partial charge in [-0.15, -0.1) is 0 Å². The van der Waals surface area contributed by atoms with Gasteiger partial charge in [-0.05, 0) is 32.1 Å². The molecule has 2 aliphatic heterocycles. The minimum atomic E-state index is 0.368. The second-order valence-corrected chi connectivity index (χ2v) is 5.52. The number of piperidine rings is 1.